The molecule has 6 nitrogen and oxygen atoms in total. The van der Waals surface area contributed by atoms with E-state index in [2.05, 4.69) is 10.4 Å². The maximum absolute atomic E-state index is 12.4. The van der Waals surface area contributed by atoms with Crippen LogP contribution in [-0.4, -0.2) is 26.8 Å². The average Bonchev–Trinajstić information content (AvgIpc) is 2.96. The van der Waals surface area contributed by atoms with Gasteiger partial charge >= 0.3 is 5.97 Å². The van der Waals surface area contributed by atoms with Gasteiger partial charge in [-0.05, 0) is 24.5 Å². The maximum Gasteiger partial charge on any atom is 0.305 e. The van der Waals surface area contributed by atoms with Crippen molar-refractivity contribution in [2.45, 2.75) is 39.3 Å². The van der Waals surface area contributed by atoms with Gasteiger partial charge in [-0.25, -0.2) is 0 Å². The third-order valence-electron chi connectivity index (χ3n) is 3.60. The number of carbonyl (C=O) groups excluding carboxylic acids is 1. The van der Waals surface area contributed by atoms with E-state index in [4.69, 9.17) is 5.11 Å². The van der Waals surface area contributed by atoms with Gasteiger partial charge in [0.25, 0.3) is 5.91 Å². The number of carbonyl (C=O) groups is 2. The van der Waals surface area contributed by atoms with E-state index in [-0.39, 0.29) is 12.3 Å². The van der Waals surface area contributed by atoms with Gasteiger partial charge in [-0.3, -0.25) is 14.3 Å². The molecule has 0 spiro atoms. The standard InChI is InChI=1S/C17H21N3O3/c1-3-8-20-11-13(10-18-20)17(23)19-15(9-16(21)22)14-7-5-4-6-12(14)2/h4-7,10-11,15H,3,8-9H2,1-2H3,(H,19,23)(H,21,22). The Bertz CT molecular complexity index is 694. The third kappa shape index (κ3) is 4.42. The summed E-state index contributed by atoms with van der Waals surface area (Å²) < 4.78 is 1.70. The van der Waals surface area contributed by atoms with Crippen LogP contribution in [-0.2, 0) is 11.3 Å². The van der Waals surface area contributed by atoms with E-state index >= 15 is 0 Å². The highest BCUT2D eigenvalue weighted by Crippen LogP contribution is 2.21. The van der Waals surface area contributed by atoms with Crippen LogP contribution in [0.2, 0.25) is 0 Å². The number of hydrogen-bond donors (Lipinski definition) is 2. The van der Waals surface area contributed by atoms with E-state index in [1.165, 1.54) is 6.20 Å². The normalized spacial score (nSPS) is 11.9. The Hall–Kier alpha value is -2.63. The highest BCUT2D eigenvalue weighted by Gasteiger charge is 2.21. The number of aromatic nitrogens is 2. The topological polar surface area (TPSA) is 84.2 Å². The fourth-order valence-corrected chi connectivity index (χ4v) is 2.46. The first-order valence-electron chi connectivity index (χ1n) is 7.62. The first kappa shape index (κ1) is 16.7. The highest BCUT2D eigenvalue weighted by atomic mass is 16.4. The minimum Gasteiger partial charge on any atom is -0.481 e. The lowest BCUT2D eigenvalue weighted by atomic mass is 9.98. The number of rotatable bonds is 7. The Morgan fingerprint density at radius 1 is 1.35 bits per heavy atom. The van der Waals surface area contributed by atoms with Crippen molar-refractivity contribution in [2.75, 3.05) is 0 Å². The molecule has 6 heteroatoms. The monoisotopic (exact) mass is 315 g/mol. The van der Waals surface area contributed by atoms with E-state index in [0.717, 1.165) is 24.1 Å². The van der Waals surface area contributed by atoms with Crippen molar-refractivity contribution < 1.29 is 14.7 Å². The third-order valence-corrected chi connectivity index (χ3v) is 3.60. The summed E-state index contributed by atoms with van der Waals surface area (Å²) in [5.74, 6) is -1.28. The maximum atomic E-state index is 12.4. The summed E-state index contributed by atoms with van der Waals surface area (Å²) in [6.07, 6.45) is 3.93. The Balaban J connectivity index is 2.18. The van der Waals surface area contributed by atoms with Gasteiger partial charge in [-0.1, -0.05) is 31.2 Å². The Morgan fingerprint density at radius 2 is 2.09 bits per heavy atom. The summed E-state index contributed by atoms with van der Waals surface area (Å²) in [7, 11) is 0. The molecule has 0 radical (unpaired) electrons. The summed E-state index contributed by atoms with van der Waals surface area (Å²) >= 11 is 0. The minimum absolute atomic E-state index is 0.167. The molecule has 23 heavy (non-hydrogen) atoms. The van der Waals surface area contributed by atoms with Crippen molar-refractivity contribution >= 4 is 11.9 Å². The number of carboxylic acid groups (broad SMARTS) is 1. The number of benzene rings is 1. The molecule has 0 fully saturated rings. The predicted molar refractivity (Wildman–Crippen MR) is 86.2 cm³/mol. The van der Waals surface area contributed by atoms with Crippen molar-refractivity contribution in [1.82, 2.24) is 15.1 Å². The Labute approximate surface area is 135 Å². The van der Waals surface area contributed by atoms with Gasteiger partial charge in [-0.2, -0.15) is 5.10 Å². The summed E-state index contributed by atoms with van der Waals surface area (Å²) in [6, 6.07) is 6.88. The molecular weight excluding hydrogens is 294 g/mol. The number of aliphatic carboxylic acids is 1. The van der Waals surface area contributed by atoms with Crippen LogP contribution in [0.5, 0.6) is 0 Å². The van der Waals surface area contributed by atoms with Crippen molar-refractivity contribution in [3.05, 3.63) is 53.3 Å². The molecule has 1 amide bonds. The second-order valence-corrected chi connectivity index (χ2v) is 5.47. The summed E-state index contributed by atoms with van der Waals surface area (Å²) in [6.45, 7) is 4.67. The molecule has 0 saturated heterocycles. The van der Waals surface area contributed by atoms with E-state index in [1.807, 2.05) is 38.1 Å². The fraction of sp³-hybridized carbons (Fsp3) is 0.353. The molecule has 0 aliphatic carbocycles. The lowest BCUT2D eigenvalue weighted by molar-refractivity contribution is -0.137. The van der Waals surface area contributed by atoms with Gasteiger partial charge in [0.2, 0.25) is 0 Å². The SMILES string of the molecule is CCCn1cc(C(=O)NC(CC(=O)O)c2ccccc2C)cn1. The molecule has 1 heterocycles. The smallest absolute Gasteiger partial charge is 0.305 e. The quantitative estimate of drug-likeness (QED) is 0.822. The predicted octanol–water partition coefficient (Wildman–Crippen LogP) is 2.55. The molecule has 0 aliphatic heterocycles. The van der Waals surface area contributed by atoms with E-state index < -0.39 is 12.0 Å². The zero-order valence-electron chi connectivity index (χ0n) is 13.3. The molecule has 0 aliphatic rings. The van der Waals surface area contributed by atoms with Crippen LogP contribution in [0.1, 0.15) is 47.3 Å². The Kier molecular flexibility index (Phi) is 5.51. The lowest BCUT2D eigenvalue weighted by Crippen LogP contribution is -2.30. The number of carboxylic acids is 1. The number of amides is 1. The van der Waals surface area contributed by atoms with Crippen molar-refractivity contribution in [3.8, 4) is 0 Å². The lowest BCUT2D eigenvalue weighted by Gasteiger charge is -2.19. The van der Waals surface area contributed by atoms with Gasteiger partial charge in [0.15, 0.2) is 0 Å². The van der Waals surface area contributed by atoms with Crippen LogP contribution in [0.15, 0.2) is 36.7 Å². The van der Waals surface area contributed by atoms with E-state index in [0.29, 0.717) is 5.56 Å². The van der Waals surface area contributed by atoms with Crippen LogP contribution in [0.4, 0.5) is 0 Å². The first-order valence-corrected chi connectivity index (χ1v) is 7.62. The summed E-state index contributed by atoms with van der Waals surface area (Å²) in [5.41, 5.74) is 2.19. The fourth-order valence-electron chi connectivity index (χ4n) is 2.46. The van der Waals surface area contributed by atoms with Gasteiger partial charge in [-0.15, -0.1) is 0 Å². The molecule has 0 bridgehead atoms. The second kappa shape index (κ2) is 7.58. The van der Waals surface area contributed by atoms with Crippen molar-refractivity contribution in [1.29, 1.82) is 0 Å². The number of nitrogens with zero attached hydrogens (tertiary/aromatic N) is 2. The van der Waals surface area contributed by atoms with Crippen LogP contribution in [0.3, 0.4) is 0 Å². The van der Waals surface area contributed by atoms with Crippen LogP contribution < -0.4 is 5.32 Å². The summed E-state index contributed by atoms with van der Waals surface area (Å²) in [5, 5.41) is 16.1. The molecule has 1 unspecified atom stereocenters. The zero-order chi connectivity index (χ0) is 16.8. The molecule has 1 aromatic carbocycles. The van der Waals surface area contributed by atoms with Crippen molar-refractivity contribution in [2.24, 2.45) is 0 Å². The molecule has 122 valence electrons. The Morgan fingerprint density at radius 3 is 2.74 bits per heavy atom. The molecular formula is C17H21N3O3. The van der Waals surface area contributed by atoms with E-state index in [1.54, 1.807) is 10.9 Å². The second-order valence-electron chi connectivity index (χ2n) is 5.47. The van der Waals surface area contributed by atoms with Gasteiger partial charge in [0.05, 0.1) is 24.2 Å². The van der Waals surface area contributed by atoms with Crippen LogP contribution in [0.25, 0.3) is 0 Å². The van der Waals surface area contributed by atoms with Crippen LogP contribution >= 0.6 is 0 Å². The van der Waals surface area contributed by atoms with Gasteiger partial charge < -0.3 is 10.4 Å². The molecule has 2 N–H and O–H groups in total. The molecule has 2 aromatic rings. The van der Waals surface area contributed by atoms with Crippen LogP contribution in [0, 0.1) is 6.92 Å². The average molecular weight is 315 g/mol. The van der Waals surface area contributed by atoms with Gasteiger partial charge in [0.1, 0.15) is 0 Å². The number of nitrogens with one attached hydrogen (secondary N) is 1. The molecule has 1 aromatic heterocycles. The number of hydrogen-bond acceptors (Lipinski definition) is 3. The van der Waals surface area contributed by atoms with Gasteiger partial charge in [0, 0.05) is 12.7 Å². The highest BCUT2D eigenvalue weighted by molar-refractivity contribution is 5.94. The van der Waals surface area contributed by atoms with E-state index in [9.17, 15) is 9.59 Å². The molecule has 2 rings (SSSR count). The van der Waals surface area contributed by atoms with Crippen molar-refractivity contribution in [3.63, 3.8) is 0 Å². The summed E-state index contributed by atoms with van der Waals surface area (Å²) in [4.78, 5) is 23.5. The first-order chi connectivity index (χ1) is 11.0. The largest absolute Gasteiger partial charge is 0.481 e. The molecule has 1 atom stereocenters. The molecule has 0 saturated carbocycles. The zero-order valence-corrected chi connectivity index (χ0v) is 13.3. The number of aryl methyl sites for hydroxylation is 2. The minimum atomic E-state index is -0.958.